The van der Waals surface area contributed by atoms with E-state index in [-0.39, 0.29) is 11.9 Å². The van der Waals surface area contributed by atoms with Crippen LogP contribution in [-0.2, 0) is 0 Å². The SMILES string of the molecule is CCNC(c1ccc(Br)c(F)c1)c1ccc(C)s1. The zero-order valence-electron chi connectivity index (χ0n) is 10.3. The maximum absolute atomic E-state index is 13.6. The third kappa shape index (κ3) is 2.99. The molecule has 18 heavy (non-hydrogen) atoms. The highest BCUT2D eigenvalue weighted by Gasteiger charge is 2.16. The van der Waals surface area contributed by atoms with Gasteiger partial charge in [0.15, 0.2) is 0 Å². The molecule has 1 aromatic heterocycles. The van der Waals surface area contributed by atoms with Crippen LogP contribution in [-0.4, -0.2) is 6.54 Å². The van der Waals surface area contributed by atoms with Gasteiger partial charge in [0.1, 0.15) is 5.82 Å². The Kier molecular flexibility index (Phi) is 4.54. The second-order valence-corrected chi connectivity index (χ2v) is 6.29. The van der Waals surface area contributed by atoms with E-state index in [1.54, 1.807) is 23.5 Å². The minimum Gasteiger partial charge on any atom is -0.306 e. The Hall–Kier alpha value is -0.710. The number of hydrogen-bond donors (Lipinski definition) is 1. The highest BCUT2D eigenvalue weighted by Crippen LogP contribution is 2.30. The summed E-state index contributed by atoms with van der Waals surface area (Å²) in [5.74, 6) is -0.219. The van der Waals surface area contributed by atoms with Crippen LogP contribution in [0.1, 0.15) is 28.3 Å². The topological polar surface area (TPSA) is 12.0 Å². The van der Waals surface area contributed by atoms with Crippen LogP contribution < -0.4 is 5.32 Å². The molecular weight excluding hydrogens is 313 g/mol. The van der Waals surface area contributed by atoms with Crippen LogP contribution in [0.3, 0.4) is 0 Å². The lowest BCUT2D eigenvalue weighted by atomic mass is 10.1. The van der Waals surface area contributed by atoms with E-state index in [0.29, 0.717) is 4.47 Å². The fraction of sp³-hybridized carbons (Fsp3) is 0.286. The number of thiophene rings is 1. The normalized spacial score (nSPS) is 12.7. The number of hydrogen-bond acceptors (Lipinski definition) is 2. The Labute approximate surface area is 119 Å². The molecule has 1 nitrogen and oxygen atoms in total. The lowest BCUT2D eigenvalue weighted by molar-refractivity contribution is 0.602. The Morgan fingerprint density at radius 3 is 2.67 bits per heavy atom. The van der Waals surface area contributed by atoms with Crippen LogP contribution >= 0.6 is 27.3 Å². The quantitative estimate of drug-likeness (QED) is 0.861. The first-order chi connectivity index (χ1) is 8.61. The molecule has 0 spiro atoms. The Morgan fingerprint density at radius 1 is 1.33 bits per heavy atom. The molecule has 0 aliphatic heterocycles. The van der Waals surface area contributed by atoms with E-state index in [2.05, 4.69) is 47.2 Å². The minimum atomic E-state index is -0.219. The van der Waals surface area contributed by atoms with Gasteiger partial charge in [0.05, 0.1) is 10.5 Å². The molecule has 1 atom stereocenters. The van der Waals surface area contributed by atoms with Gasteiger partial charge in [-0.05, 0) is 59.2 Å². The summed E-state index contributed by atoms with van der Waals surface area (Å²) in [6, 6.07) is 9.57. The molecule has 0 radical (unpaired) electrons. The molecule has 1 aromatic carbocycles. The minimum absolute atomic E-state index is 0.0660. The lowest BCUT2D eigenvalue weighted by Gasteiger charge is -2.17. The van der Waals surface area contributed by atoms with Gasteiger partial charge in [0.25, 0.3) is 0 Å². The van der Waals surface area contributed by atoms with Crippen LogP contribution in [0, 0.1) is 12.7 Å². The summed E-state index contributed by atoms with van der Waals surface area (Å²) in [6.45, 7) is 4.99. The average molecular weight is 328 g/mol. The molecule has 0 fully saturated rings. The first kappa shape index (κ1) is 13.7. The molecule has 0 saturated carbocycles. The van der Waals surface area contributed by atoms with E-state index < -0.39 is 0 Å². The van der Waals surface area contributed by atoms with E-state index >= 15 is 0 Å². The first-order valence-electron chi connectivity index (χ1n) is 5.86. The largest absolute Gasteiger partial charge is 0.306 e. The van der Waals surface area contributed by atoms with Crippen molar-refractivity contribution in [3.63, 3.8) is 0 Å². The van der Waals surface area contributed by atoms with Crippen molar-refractivity contribution in [2.24, 2.45) is 0 Å². The van der Waals surface area contributed by atoms with E-state index in [0.717, 1.165) is 12.1 Å². The maximum Gasteiger partial charge on any atom is 0.137 e. The van der Waals surface area contributed by atoms with Crippen LogP contribution in [0.4, 0.5) is 4.39 Å². The van der Waals surface area contributed by atoms with Crippen molar-refractivity contribution >= 4 is 27.3 Å². The standard InChI is InChI=1S/C14H15BrFNS/c1-3-17-14(13-7-4-9(2)18-13)10-5-6-11(15)12(16)8-10/h4-8,14,17H,3H2,1-2H3. The van der Waals surface area contributed by atoms with Crippen LogP contribution in [0.2, 0.25) is 0 Å². The molecule has 4 heteroatoms. The molecule has 1 unspecified atom stereocenters. The summed E-state index contributed by atoms with van der Waals surface area (Å²) < 4.78 is 14.1. The summed E-state index contributed by atoms with van der Waals surface area (Å²) >= 11 is 4.93. The van der Waals surface area contributed by atoms with Gasteiger partial charge < -0.3 is 5.32 Å². The number of halogens is 2. The second kappa shape index (κ2) is 5.95. The molecule has 0 saturated heterocycles. The van der Waals surface area contributed by atoms with E-state index in [1.807, 2.05) is 6.07 Å². The number of nitrogens with one attached hydrogen (secondary N) is 1. The Bertz CT molecular complexity index is 538. The van der Waals surface area contributed by atoms with Crippen LogP contribution in [0.5, 0.6) is 0 Å². The van der Waals surface area contributed by atoms with Gasteiger partial charge >= 0.3 is 0 Å². The zero-order chi connectivity index (χ0) is 13.1. The summed E-state index contributed by atoms with van der Waals surface area (Å²) in [4.78, 5) is 2.49. The molecule has 2 aromatic rings. The highest BCUT2D eigenvalue weighted by atomic mass is 79.9. The molecule has 1 N–H and O–H groups in total. The van der Waals surface area contributed by atoms with Gasteiger partial charge in [0.2, 0.25) is 0 Å². The lowest BCUT2D eigenvalue weighted by Crippen LogP contribution is -2.21. The third-order valence-corrected chi connectivity index (χ3v) is 4.44. The van der Waals surface area contributed by atoms with Crippen molar-refractivity contribution in [2.75, 3.05) is 6.54 Å². The monoisotopic (exact) mass is 327 g/mol. The predicted molar refractivity (Wildman–Crippen MR) is 78.7 cm³/mol. The number of benzene rings is 1. The van der Waals surface area contributed by atoms with Gasteiger partial charge in [-0.3, -0.25) is 0 Å². The molecule has 1 heterocycles. The predicted octanol–water partition coefficient (Wildman–Crippen LogP) is 4.66. The van der Waals surface area contributed by atoms with Crippen molar-refractivity contribution in [3.8, 4) is 0 Å². The summed E-state index contributed by atoms with van der Waals surface area (Å²) in [5, 5.41) is 3.40. The average Bonchev–Trinajstić information content (AvgIpc) is 2.76. The van der Waals surface area contributed by atoms with Gasteiger partial charge in [-0.1, -0.05) is 13.0 Å². The molecule has 0 bridgehead atoms. The summed E-state index contributed by atoms with van der Waals surface area (Å²) in [7, 11) is 0. The van der Waals surface area contributed by atoms with E-state index in [4.69, 9.17) is 0 Å². The van der Waals surface area contributed by atoms with Gasteiger partial charge in [0, 0.05) is 9.75 Å². The van der Waals surface area contributed by atoms with E-state index in [1.165, 1.54) is 9.75 Å². The summed E-state index contributed by atoms with van der Waals surface area (Å²) in [5.41, 5.74) is 0.958. The molecule has 96 valence electrons. The van der Waals surface area contributed by atoms with Crippen molar-refractivity contribution in [1.82, 2.24) is 5.32 Å². The molecule has 0 aliphatic rings. The van der Waals surface area contributed by atoms with Crippen molar-refractivity contribution < 1.29 is 4.39 Å². The van der Waals surface area contributed by atoms with Crippen molar-refractivity contribution in [1.29, 1.82) is 0 Å². The summed E-state index contributed by atoms with van der Waals surface area (Å²) in [6.07, 6.45) is 0. The van der Waals surface area contributed by atoms with E-state index in [9.17, 15) is 4.39 Å². The van der Waals surface area contributed by atoms with Crippen molar-refractivity contribution in [3.05, 3.63) is 55.9 Å². The molecule has 0 amide bonds. The smallest absolute Gasteiger partial charge is 0.137 e. The van der Waals surface area contributed by atoms with Gasteiger partial charge in [-0.25, -0.2) is 4.39 Å². The number of rotatable bonds is 4. The zero-order valence-corrected chi connectivity index (χ0v) is 12.7. The fourth-order valence-corrected chi connectivity index (χ4v) is 3.12. The number of aryl methyl sites for hydroxylation is 1. The van der Waals surface area contributed by atoms with Gasteiger partial charge in [-0.2, -0.15) is 0 Å². The molecule has 0 aliphatic carbocycles. The molecule has 2 rings (SSSR count). The van der Waals surface area contributed by atoms with Crippen LogP contribution in [0.25, 0.3) is 0 Å². The first-order valence-corrected chi connectivity index (χ1v) is 7.47. The fourth-order valence-electron chi connectivity index (χ4n) is 1.89. The Balaban J connectivity index is 2.37. The van der Waals surface area contributed by atoms with Crippen molar-refractivity contribution in [2.45, 2.75) is 19.9 Å². The van der Waals surface area contributed by atoms with Gasteiger partial charge in [-0.15, -0.1) is 11.3 Å². The highest BCUT2D eigenvalue weighted by molar-refractivity contribution is 9.10. The second-order valence-electron chi connectivity index (χ2n) is 4.11. The Morgan fingerprint density at radius 2 is 2.11 bits per heavy atom. The third-order valence-electron chi connectivity index (χ3n) is 2.73. The maximum atomic E-state index is 13.6. The van der Waals surface area contributed by atoms with Crippen LogP contribution in [0.15, 0.2) is 34.8 Å². The molecular formula is C14H15BrFNS.